The van der Waals surface area contributed by atoms with E-state index in [9.17, 15) is 0 Å². The van der Waals surface area contributed by atoms with Crippen molar-refractivity contribution < 1.29 is 9.47 Å². The Balaban J connectivity index is 1.30. The lowest BCUT2D eigenvalue weighted by molar-refractivity contribution is 0.174. The van der Waals surface area contributed by atoms with Crippen LogP contribution in [0.25, 0.3) is 27.8 Å². The molecular weight excluding hydrogens is 370 g/mol. The molecule has 9 nitrogen and oxygen atoms in total. The molecule has 9 heteroatoms. The van der Waals surface area contributed by atoms with Gasteiger partial charge in [0, 0.05) is 11.9 Å². The topological polar surface area (TPSA) is 103 Å². The number of H-pyrrole nitrogens is 1. The van der Waals surface area contributed by atoms with Crippen molar-refractivity contribution in [3.8, 4) is 17.2 Å². The summed E-state index contributed by atoms with van der Waals surface area (Å²) in [5, 5.41) is 11.4. The van der Waals surface area contributed by atoms with Gasteiger partial charge in [0.25, 0.3) is 0 Å². The van der Waals surface area contributed by atoms with Crippen molar-refractivity contribution in [2.75, 3.05) is 12.1 Å². The molecule has 142 valence electrons. The molecule has 0 bridgehead atoms. The Labute approximate surface area is 164 Å². The van der Waals surface area contributed by atoms with Gasteiger partial charge in [-0.15, -0.1) is 0 Å². The van der Waals surface area contributed by atoms with E-state index in [-0.39, 0.29) is 6.79 Å². The fourth-order valence-corrected chi connectivity index (χ4v) is 3.39. The zero-order chi connectivity index (χ0) is 19.2. The number of rotatable bonds is 4. The zero-order valence-corrected chi connectivity index (χ0v) is 15.2. The number of fused-ring (bicyclic) bond motifs is 3. The number of benzene rings is 2. The van der Waals surface area contributed by atoms with Crippen LogP contribution in [0.4, 0.5) is 5.95 Å². The lowest BCUT2D eigenvalue weighted by Gasteiger charge is -2.07. The molecule has 4 heterocycles. The molecule has 0 saturated heterocycles. The standard InChI is InChI=1S/C20H15N7O2/c1-4-17-18(29-11-28-17)5-12(1)7-21-20-22-9-16-19(25-20)27(10-23-16)14-3-2-13-8-24-26-15(13)6-14/h1-6,8-10H,7,11H2,(H,24,26)(H,21,22,25). The first-order chi connectivity index (χ1) is 14.3. The van der Waals surface area contributed by atoms with E-state index in [2.05, 4.69) is 30.5 Å². The summed E-state index contributed by atoms with van der Waals surface area (Å²) < 4.78 is 12.7. The molecule has 0 fully saturated rings. The summed E-state index contributed by atoms with van der Waals surface area (Å²) >= 11 is 0. The Hall–Kier alpha value is -4.14. The van der Waals surface area contributed by atoms with Gasteiger partial charge in [0.15, 0.2) is 17.1 Å². The van der Waals surface area contributed by atoms with Crippen LogP contribution < -0.4 is 14.8 Å². The van der Waals surface area contributed by atoms with Gasteiger partial charge in [-0.2, -0.15) is 10.1 Å². The molecule has 29 heavy (non-hydrogen) atoms. The lowest BCUT2D eigenvalue weighted by atomic mass is 10.2. The molecule has 0 unspecified atom stereocenters. The number of nitrogens with one attached hydrogen (secondary N) is 2. The van der Waals surface area contributed by atoms with E-state index >= 15 is 0 Å². The molecule has 0 aliphatic carbocycles. The minimum atomic E-state index is 0.264. The average Bonchev–Trinajstić information content (AvgIpc) is 3.49. The third-order valence-electron chi connectivity index (χ3n) is 4.88. The Bertz CT molecular complexity index is 1360. The summed E-state index contributed by atoms with van der Waals surface area (Å²) in [6, 6.07) is 11.9. The molecule has 0 spiro atoms. The number of ether oxygens (including phenoxy) is 2. The predicted octanol–water partition coefficient (Wildman–Crippen LogP) is 3.03. The van der Waals surface area contributed by atoms with Crippen LogP contribution in [0, 0.1) is 0 Å². The monoisotopic (exact) mass is 385 g/mol. The molecule has 0 atom stereocenters. The van der Waals surface area contributed by atoms with Crippen molar-refractivity contribution in [2.45, 2.75) is 6.54 Å². The number of hydrogen-bond donors (Lipinski definition) is 2. The molecule has 0 amide bonds. The van der Waals surface area contributed by atoms with Gasteiger partial charge in [0.2, 0.25) is 12.7 Å². The highest BCUT2D eigenvalue weighted by atomic mass is 16.7. The Morgan fingerprint density at radius 1 is 1.03 bits per heavy atom. The molecule has 1 aliphatic rings. The Morgan fingerprint density at radius 3 is 3.00 bits per heavy atom. The minimum Gasteiger partial charge on any atom is -0.454 e. The highest BCUT2D eigenvalue weighted by Crippen LogP contribution is 2.32. The second-order valence-electron chi connectivity index (χ2n) is 6.70. The van der Waals surface area contributed by atoms with Crippen LogP contribution in [0.15, 0.2) is 55.1 Å². The normalized spacial score (nSPS) is 12.7. The number of imidazole rings is 1. The van der Waals surface area contributed by atoms with E-state index in [1.807, 2.05) is 41.0 Å². The molecule has 0 radical (unpaired) electrons. The van der Waals surface area contributed by atoms with Gasteiger partial charge >= 0.3 is 0 Å². The second kappa shape index (κ2) is 6.20. The smallest absolute Gasteiger partial charge is 0.231 e. The van der Waals surface area contributed by atoms with Gasteiger partial charge in [-0.25, -0.2) is 9.97 Å². The summed E-state index contributed by atoms with van der Waals surface area (Å²) in [6.45, 7) is 0.830. The third-order valence-corrected chi connectivity index (χ3v) is 4.88. The highest BCUT2D eigenvalue weighted by Gasteiger charge is 2.14. The van der Waals surface area contributed by atoms with E-state index in [0.29, 0.717) is 12.5 Å². The summed E-state index contributed by atoms with van der Waals surface area (Å²) in [4.78, 5) is 13.5. The fourth-order valence-electron chi connectivity index (χ4n) is 3.39. The van der Waals surface area contributed by atoms with E-state index in [4.69, 9.17) is 9.47 Å². The van der Waals surface area contributed by atoms with E-state index in [1.54, 1.807) is 18.7 Å². The van der Waals surface area contributed by atoms with Crippen molar-refractivity contribution in [2.24, 2.45) is 0 Å². The molecule has 2 N–H and O–H groups in total. The first kappa shape index (κ1) is 15.9. The van der Waals surface area contributed by atoms with Crippen LogP contribution in [-0.2, 0) is 6.54 Å². The van der Waals surface area contributed by atoms with Crippen LogP contribution in [0.2, 0.25) is 0 Å². The Kier molecular flexibility index (Phi) is 3.39. The molecule has 1 aliphatic heterocycles. The maximum Gasteiger partial charge on any atom is 0.231 e. The lowest BCUT2D eigenvalue weighted by Crippen LogP contribution is -2.04. The summed E-state index contributed by atoms with van der Waals surface area (Å²) in [5.74, 6) is 2.05. The Morgan fingerprint density at radius 2 is 2.00 bits per heavy atom. The molecule has 0 saturated carbocycles. The highest BCUT2D eigenvalue weighted by molar-refractivity contribution is 5.81. The van der Waals surface area contributed by atoms with Crippen LogP contribution >= 0.6 is 0 Å². The fraction of sp³-hybridized carbons (Fsp3) is 0.100. The third kappa shape index (κ3) is 2.71. The minimum absolute atomic E-state index is 0.264. The largest absolute Gasteiger partial charge is 0.454 e. The van der Waals surface area contributed by atoms with E-state index in [1.165, 1.54) is 0 Å². The van der Waals surface area contributed by atoms with Gasteiger partial charge in [0.05, 0.1) is 23.6 Å². The van der Waals surface area contributed by atoms with Crippen LogP contribution in [0.3, 0.4) is 0 Å². The molecule has 2 aromatic carbocycles. The van der Waals surface area contributed by atoms with Crippen molar-refractivity contribution in [1.82, 2.24) is 29.7 Å². The first-order valence-corrected chi connectivity index (χ1v) is 9.09. The van der Waals surface area contributed by atoms with Crippen molar-refractivity contribution in [3.63, 3.8) is 0 Å². The summed E-state index contributed by atoms with van der Waals surface area (Å²) in [6.07, 6.45) is 5.26. The van der Waals surface area contributed by atoms with E-state index < -0.39 is 0 Å². The van der Waals surface area contributed by atoms with Gasteiger partial charge in [-0.05, 0) is 35.9 Å². The number of aromatic amines is 1. The number of hydrogen-bond acceptors (Lipinski definition) is 7. The summed E-state index contributed by atoms with van der Waals surface area (Å²) in [5.41, 5.74) is 4.41. The summed E-state index contributed by atoms with van der Waals surface area (Å²) in [7, 11) is 0. The predicted molar refractivity (Wildman–Crippen MR) is 106 cm³/mol. The SMILES string of the molecule is c1cc2c(cc1CNc1ncc3ncn(-c4ccc5cn[nH]c5c4)c3n1)OCO2. The van der Waals surface area contributed by atoms with Crippen LogP contribution in [-0.4, -0.2) is 36.5 Å². The van der Waals surface area contributed by atoms with Crippen molar-refractivity contribution in [1.29, 1.82) is 0 Å². The zero-order valence-electron chi connectivity index (χ0n) is 15.2. The maximum absolute atomic E-state index is 5.43. The quantitative estimate of drug-likeness (QED) is 0.490. The van der Waals surface area contributed by atoms with Crippen molar-refractivity contribution in [3.05, 3.63) is 60.7 Å². The molecule has 5 aromatic rings. The van der Waals surface area contributed by atoms with Crippen LogP contribution in [0.1, 0.15) is 5.56 Å². The maximum atomic E-state index is 5.43. The van der Waals surface area contributed by atoms with Gasteiger partial charge < -0.3 is 14.8 Å². The molecule has 6 rings (SSSR count). The number of anilines is 1. The average molecular weight is 385 g/mol. The van der Waals surface area contributed by atoms with Gasteiger partial charge in [-0.1, -0.05) is 6.07 Å². The van der Waals surface area contributed by atoms with Gasteiger partial charge in [-0.3, -0.25) is 9.67 Å². The van der Waals surface area contributed by atoms with Crippen molar-refractivity contribution >= 4 is 28.0 Å². The van der Waals surface area contributed by atoms with Crippen LogP contribution in [0.5, 0.6) is 11.5 Å². The van der Waals surface area contributed by atoms with E-state index in [0.717, 1.165) is 44.8 Å². The first-order valence-electron chi connectivity index (χ1n) is 9.09. The number of nitrogens with zero attached hydrogens (tertiary/aromatic N) is 5. The van der Waals surface area contributed by atoms with Gasteiger partial charge in [0.1, 0.15) is 11.8 Å². The molecular formula is C20H15N7O2. The number of aromatic nitrogens is 6. The second-order valence-corrected chi connectivity index (χ2v) is 6.70. The molecule has 3 aromatic heterocycles.